The lowest BCUT2D eigenvalue weighted by molar-refractivity contribution is -0.148. The van der Waals surface area contributed by atoms with Gasteiger partial charge in [0.15, 0.2) is 5.96 Å². The summed E-state index contributed by atoms with van der Waals surface area (Å²) < 4.78 is 0. The van der Waals surface area contributed by atoms with Crippen LogP contribution in [0.2, 0.25) is 0 Å². The van der Waals surface area contributed by atoms with Gasteiger partial charge in [0.2, 0.25) is 59.1 Å². The predicted octanol–water partition coefficient (Wildman–Crippen LogP) is -1.30. The molecule has 0 radical (unpaired) electrons. The number of guanidine groups is 1. The highest BCUT2D eigenvalue weighted by Gasteiger charge is 2.44. The number of para-hydroxylation sites is 1. The smallest absolute Gasteiger partial charge is 0.246 e. The van der Waals surface area contributed by atoms with E-state index in [0.29, 0.717) is 61.9 Å². The van der Waals surface area contributed by atoms with Gasteiger partial charge in [0, 0.05) is 81.9 Å². The van der Waals surface area contributed by atoms with E-state index in [4.69, 9.17) is 16.9 Å². The number of nitrogens with zero attached hydrogens (tertiary/aromatic N) is 3. The lowest BCUT2D eigenvalue weighted by Gasteiger charge is -2.33. The number of imidazole rings is 1. The number of rotatable bonds is 33. The van der Waals surface area contributed by atoms with Crippen LogP contribution < -0.4 is 59.3 Å². The van der Waals surface area contributed by atoms with Crippen molar-refractivity contribution in [1.82, 2.24) is 72.6 Å². The van der Waals surface area contributed by atoms with Crippen molar-refractivity contribution in [3.63, 3.8) is 0 Å². The molecule has 2 aliphatic rings. The summed E-state index contributed by atoms with van der Waals surface area (Å²) in [6.45, 7) is 2.19. The summed E-state index contributed by atoms with van der Waals surface area (Å²) in [5, 5.41) is 33.0. The number of carbonyl (C=O) groups is 10. The van der Waals surface area contributed by atoms with Crippen LogP contribution in [0, 0.1) is 5.41 Å². The maximum atomic E-state index is 14.9. The highest BCUT2D eigenvalue weighted by Crippen LogP contribution is 2.27. The average molecular weight is 1240 g/mol. The molecule has 0 spiro atoms. The maximum Gasteiger partial charge on any atom is 0.246 e. The van der Waals surface area contributed by atoms with E-state index in [0.717, 1.165) is 10.9 Å². The van der Waals surface area contributed by atoms with E-state index in [1.165, 1.54) is 36.3 Å². The summed E-state index contributed by atoms with van der Waals surface area (Å²) in [4.78, 5) is 154. The van der Waals surface area contributed by atoms with E-state index < -0.39 is 108 Å². The van der Waals surface area contributed by atoms with Crippen LogP contribution in [-0.4, -0.2) is 189 Å². The molecule has 27 nitrogen and oxygen atoms in total. The van der Waals surface area contributed by atoms with E-state index in [9.17, 15) is 47.9 Å². The lowest BCUT2D eigenvalue weighted by Crippen LogP contribution is -2.61. The standard InChI is InChI=1S/C58H83N17O10S2/c1-34(76)67-42(21-26-86)51(79)72-45(29-37-31-63-33-66-37)54(82)70-43(27-35-13-4-3-5-14-35)52(80)68-41(18-10-23-64-58(60)61)50(78)71-44(28-36-30-65-39-16-7-6-15-38(36)39)53(81)73-46(32-87)56(84)75-25-12-20-48(75)57(85)74-24-11-19-47(74)55(83)69-40(49(77)62-2)17-8-9-22-59/h3-7,13-16,30-31,33,40-48,65,86-87H,8-12,17-29,32,59H2,1-2H3,(H,62,77)(H,63,66)(H,67,76)(H,68,80)(H,69,83)(H,70,82)(H,71,78)(H,72,79)(H,73,81)(H4,60,61,64)/t40-,41-,42-,43+,44-,45-,46-,47-,48-/m0/s1. The maximum absolute atomic E-state index is 14.9. The molecule has 2 fully saturated rings. The fourth-order valence-corrected chi connectivity index (χ4v) is 11.3. The average Bonchev–Trinajstić information content (AvgIpc) is 2.09. The molecule has 2 saturated heterocycles. The molecule has 0 aliphatic carbocycles. The van der Waals surface area contributed by atoms with Gasteiger partial charge in [-0.3, -0.25) is 53.4 Å². The minimum absolute atomic E-state index is 0.0795. The van der Waals surface area contributed by atoms with Gasteiger partial charge in [-0.1, -0.05) is 48.5 Å². The molecule has 16 N–H and O–H groups in total. The number of fused-ring (bicyclic) bond motifs is 1. The number of nitrogens with two attached hydrogens (primary N) is 2. The molecule has 472 valence electrons. The van der Waals surface area contributed by atoms with E-state index in [1.807, 2.05) is 24.3 Å². The number of likely N-dealkylation sites (tertiary alicyclic amines) is 2. The van der Waals surface area contributed by atoms with Crippen LogP contribution in [0.3, 0.4) is 0 Å². The van der Waals surface area contributed by atoms with E-state index in [2.05, 4.69) is 88.1 Å². The number of thiol groups is 2. The van der Waals surface area contributed by atoms with Crippen molar-refractivity contribution in [2.75, 3.05) is 44.7 Å². The molecule has 2 aliphatic heterocycles. The molecule has 4 heterocycles. The van der Waals surface area contributed by atoms with Crippen LogP contribution in [0.5, 0.6) is 0 Å². The summed E-state index contributed by atoms with van der Waals surface area (Å²) >= 11 is 8.73. The number of amides is 10. The monoisotopic (exact) mass is 1240 g/mol. The van der Waals surface area contributed by atoms with Crippen LogP contribution in [0.25, 0.3) is 10.9 Å². The molecule has 29 heteroatoms. The molecule has 10 amide bonds. The molecular weight excluding hydrogens is 1160 g/mol. The van der Waals surface area contributed by atoms with Gasteiger partial charge >= 0.3 is 0 Å². The predicted molar refractivity (Wildman–Crippen MR) is 332 cm³/mol. The van der Waals surface area contributed by atoms with Crippen molar-refractivity contribution in [3.8, 4) is 0 Å². The second kappa shape index (κ2) is 34.2. The summed E-state index contributed by atoms with van der Waals surface area (Å²) in [5.74, 6) is -6.63. The SMILES string of the molecule is CNC(=O)[C@H](CCCCN)NC(=O)[C@@H]1CCCN1C(=O)[C@@H]1CCCN1C(=O)[C@H](CS)NC(=O)[C@H](Cc1c[nH]c2ccccc12)NC(=O)[C@H](CCCNC(=N)N)NC(=O)[C@@H](Cc1ccccc1)NC(=O)[C@H](Cc1c[nH]cn1)NC(=O)[C@H](CCS)NC(C)=O. The van der Waals surface area contributed by atoms with Crippen molar-refractivity contribution in [2.24, 2.45) is 11.5 Å². The summed E-state index contributed by atoms with van der Waals surface area (Å²) in [7, 11) is 1.48. The third-order valence-electron chi connectivity index (χ3n) is 15.3. The Balaban J connectivity index is 1.25. The van der Waals surface area contributed by atoms with Crippen LogP contribution in [-0.2, 0) is 67.2 Å². The molecule has 0 unspecified atom stereocenters. The van der Waals surface area contributed by atoms with Gasteiger partial charge in [0.05, 0.1) is 12.0 Å². The summed E-state index contributed by atoms with van der Waals surface area (Å²) in [6, 6.07) is 5.48. The normalized spacial score (nSPS) is 17.1. The number of hydrogen-bond acceptors (Lipinski definition) is 15. The molecule has 0 saturated carbocycles. The van der Waals surface area contributed by atoms with Crippen molar-refractivity contribution in [2.45, 2.75) is 145 Å². The Hall–Kier alpha value is -8.18. The molecule has 2 aromatic carbocycles. The van der Waals surface area contributed by atoms with Crippen molar-refractivity contribution >= 4 is 101 Å². The van der Waals surface area contributed by atoms with Gasteiger partial charge in [-0.05, 0) is 93.7 Å². The quantitative estimate of drug-likeness (QED) is 0.0114. The number of carbonyl (C=O) groups excluding carboxylic acids is 10. The number of H-pyrrole nitrogens is 2. The minimum Gasteiger partial charge on any atom is -0.370 e. The topological polar surface area (TPSA) is 406 Å². The highest BCUT2D eigenvalue weighted by molar-refractivity contribution is 7.80. The third kappa shape index (κ3) is 19.9. The molecular formula is C58H83N17O10S2. The highest BCUT2D eigenvalue weighted by atomic mass is 32.1. The second-order valence-electron chi connectivity index (χ2n) is 21.6. The lowest BCUT2D eigenvalue weighted by atomic mass is 10.0. The molecule has 4 aromatic rings. The number of aromatic amines is 2. The Morgan fingerprint density at radius 2 is 1.23 bits per heavy atom. The van der Waals surface area contributed by atoms with Gasteiger partial charge in [0.25, 0.3) is 0 Å². The van der Waals surface area contributed by atoms with Gasteiger partial charge in [-0.15, -0.1) is 0 Å². The Kier molecular flexibility index (Phi) is 26.7. The van der Waals surface area contributed by atoms with E-state index in [1.54, 1.807) is 36.5 Å². The van der Waals surface area contributed by atoms with E-state index in [-0.39, 0.29) is 88.0 Å². The largest absolute Gasteiger partial charge is 0.370 e. The number of nitrogens with one attached hydrogen (secondary N) is 12. The zero-order chi connectivity index (χ0) is 63.0. The van der Waals surface area contributed by atoms with Gasteiger partial charge in [-0.25, -0.2) is 4.98 Å². The first kappa shape index (κ1) is 67.9. The van der Waals surface area contributed by atoms with Crippen LogP contribution in [0.4, 0.5) is 0 Å². The van der Waals surface area contributed by atoms with Crippen LogP contribution >= 0.6 is 25.3 Å². The first-order chi connectivity index (χ1) is 41.8. The summed E-state index contributed by atoms with van der Waals surface area (Å²) in [5.41, 5.74) is 13.6. The molecule has 6 rings (SSSR count). The van der Waals surface area contributed by atoms with Crippen molar-refractivity contribution < 1.29 is 47.9 Å². The Morgan fingerprint density at radius 3 is 1.85 bits per heavy atom. The fraction of sp³-hybridized carbons (Fsp3) is 0.517. The number of likely N-dealkylation sites (N-methyl/N-ethyl adjacent to an activating group) is 1. The molecule has 9 atom stereocenters. The number of hydrogen-bond donors (Lipinski definition) is 16. The molecule has 0 bridgehead atoms. The Bertz CT molecular complexity index is 3010. The summed E-state index contributed by atoms with van der Waals surface area (Å²) in [6.07, 6.45) is 7.71. The van der Waals surface area contributed by atoms with Gasteiger partial charge in [0.1, 0.15) is 54.4 Å². The second-order valence-corrected chi connectivity index (χ2v) is 22.4. The molecule has 87 heavy (non-hydrogen) atoms. The van der Waals surface area contributed by atoms with Crippen molar-refractivity contribution in [3.05, 3.63) is 90.1 Å². The third-order valence-corrected chi connectivity index (χ3v) is 15.9. The Morgan fingerprint density at radius 1 is 0.655 bits per heavy atom. The van der Waals surface area contributed by atoms with Gasteiger partial charge < -0.3 is 79.1 Å². The number of unbranched alkanes of at least 4 members (excludes halogenated alkanes) is 1. The minimum atomic E-state index is -1.41. The van der Waals surface area contributed by atoms with Crippen LogP contribution in [0.15, 0.2) is 73.3 Å². The number of aromatic nitrogens is 3. The van der Waals surface area contributed by atoms with Crippen molar-refractivity contribution in [1.29, 1.82) is 5.41 Å². The van der Waals surface area contributed by atoms with Gasteiger partial charge in [-0.2, -0.15) is 25.3 Å². The fourth-order valence-electron chi connectivity index (χ4n) is 10.8. The first-order valence-corrected chi connectivity index (χ1v) is 30.6. The Labute approximate surface area is 516 Å². The zero-order valence-corrected chi connectivity index (χ0v) is 50.8. The number of benzene rings is 2. The zero-order valence-electron chi connectivity index (χ0n) is 49.0. The first-order valence-electron chi connectivity index (χ1n) is 29.3. The van der Waals surface area contributed by atoms with E-state index >= 15 is 0 Å². The molecule has 2 aromatic heterocycles. The van der Waals surface area contributed by atoms with Crippen LogP contribution in [0.1, 0.15) is 88.0 Å².